The molecular weight excluding hydrogens is 1840 g/mol. The maximum atomic E-state index is 10.6. The lowest BCUT2D eigenvalue weighted by molar-refractivity contribution is -0.144. The minimum absolute atomic E-state index is 0.0129. The van der Waals surface area contributed by atoms with Crippen molar-refractivity contribution >= 4 is 125 Å². The Bertz CT molecular complexity index is 4060. The number of hydrogen-bond donors (Lipinski definition) is 37. The number of H-pyrrole nitrogens is 2. The average molecular weight is 1990 g/mol. The van der Waals surface area contributed by atoms with Crippen LogP contribution in [0.25, 0.3) is 10.9 Å². The lowest BCUT2D eigenvalue weighted by Gasteiger charge is -2.22. The standard InChI is InChI=1S/C11H12N2O2.C9H11NO3.C6H14N4O2.C6H9N3O2.4C6H13NO2.C5H9NO4.2C5H11NO2.C4H7NO4.C4H9NO3.C3H7NO2S/c12-9(11(14)15)5-7-6-13-10-4-2-1-3-8(7)10;10-8(9(12)13)5-6-1-3-7(11)4-2-6;7-4(5(11)12)2-1-3-10-6(8)9;7-5(6(10)11)1-4-2-8-3-9-4;1-6(2,3)4(7)5(8)9;1-4(2)3-5(7)6(8)9;1-3-4(2)5(7)6(8)9;1-2-3-4-5(7)6(8)9;6-3(5(9)10)1-2-4(7)8;1-3(2)4(6)5(7)8;1-2-3-4(6)5(7)8;5-2(4(8)9)1-3(6)7;1-2(6)3(5)4(7)8;4-2(1-7)3(5)6/h1-4,6,9,13H,5,12H2,(H,14,15);1-4,8,11H,5,10H2,(H,12,13);4H,1-3,7H2,(H,11,12)(H4,8,9,10);2-3,5H,1,7H2,(H,8,9)(H,10,11);4H,7H2,1-3H3,(H,8,9);2*4-5H,3,7H2,1-2H3,(H,8,9);5H,2-4,7H2,1H3,(H,8,9);3H,1-2,6H2,(H,7,8)(H,9,10);3-4H,6H2,1-2H3,(H,7,8);4H,2-3,6H2,1H3,(H,7,8);2H,1,5H2,(H,6,7)(H,8,9);2-3,6H,5H2,1H3,(H,7,8);2,7H,1,4H2,(H,5,6). The zero-order valence-electron chi connectivity index (χ0n) is 78.9. The molecule has 137 heavy (non-hydrogen) atoms. The number of imidazole rings is 1. The maximum Gasteiger partial charge on any atom is 0.323 e. The third-order valence-corrected chi connectivity index (χ3v) is 17.0. The zero-order valence-corrected chi connectivity index (χ0v) is 79.8. The van der Waals surface area contributed by atoms with Crippen LogP contribution in [0.5, 0.6) is 5.75 Å². The molecule has 2 aromatic heterocycles. The van der Waals surface area contributed by atoms with Crippen molar-refractivity contribution in [2.24, 2.45) is 120 Å². The number of aromatic nitrogens is 3. The minimum Gasteiger partial charge on any atom is -0.508 e. The number of carboxylic acid groups (broad SMARTS) is 16. The predicted octanol–water partition coefficient (Wildman–Crippen LogP) is -2.30. The molecule has 0 saturated carbocycles. The van der Waals surface area contributed by atoms with Gasteiger partial charge in [0.15, 0.2) is 5.96 Å². The van der Waals surface area contributed by atoms with Crippen LogP contribution < -0.4 is 91.7 Å². The normalized spacial score (nSPS) is 13.6. The second-order valence-corrected chi connectivity index (χ2v) is 31.4. The number of aliphatic carboxylic acids is 16. The molecule has 790 valence electrons. The number of phenolic OH excluding ortho intramolecular Hbond substituents is 1. The number of guanidine groups is 1. The number of carbonyl (C=O) groups is 16. The van der Waals surface area contributed by atoms with E-state index in [-0.39, 0.29) is 60.4 Å². The molecule has 4 rings (SSSR count). The van der Waals surface area contributed by atoms with E-state index in [1.807, 2.05) is 72.0 Å². The Hall–Kier alpha value is -12.5. The Morgan fingerprint density at radius 2 is 0.825 bits per heavy atom. The second-order valence-electron chi connectivity index (χ2n) is 31.0. The number of nitrogens with zero attached hydrogens (tertiary/aromatic N) is 2. The molecule has 0 radical (unpaired) electrons. The van der Waals surface area contributed by atoms with Crippen molar-refractivity contribution in [1.82, 2.24) is 15.0 Å². The Morgan fingerprint density at radius 1 is 0.431 bits per heavy atom. The summed E-state index contributed by atoms with van der Waals surface area (Å²) in [5, 5.41) is 151. The van der Waals surface area contributed by atoms with E-state index in [2.05, 4.69) is 32.6 Å². The number of para-hydroxylation sites is 1. The van der Waals surface area contributed by atoms with Crippen molar-refractivity contribution in [2.75, 3.05) is 12.3 Å². The Kier molecular flexibility index (Phi) is 88.9. The fourth-order valence-electron chi connectivity index (χ4n) is 7.67. The van der Waals surface area contributed by atoms with Crippen LogP contribution in [0.3, 0.4) is 0 Å². The van der Waals surface area contributed by atoms with E-state index in [0.29, 0.717) is 51.0 Å². The van der Waals surface area contributed by atoms with Crippen molar-refractivity contribution in [2.45, 2.75) is 270 Å². The van der Waals surface area contributed by atoms with Gasteiger partial charge in [0.05, 0.1) is 18.9 Å². The van der Waals surface area contributed by atoms with E-state index in [1.54, 1.807) is 52.9 Å². The fraction of sp³-hybridized carbons (Fsp3) is 0.585. The number of nitrogens with two attached hydrogens (primary N) is 16. The van der Waals surface area contributed by atoms with Gasteiger partial charge in [0.2, 0.25) is 0 Å². The summed E-state index contributed by atoms with van der Waals surface area (Å²) in [6.45, 7) is 22.3. The number of phenols is 1. The highest BCUT2D eigenvalue weighted by Gasteiger charge is 2.27. The van der Waals surface area contributed by atoms with Crippen LogP contribution in [0.2, 0.25) is 0 Å². The molecule has 0 bridgehead atoms. The molecule has 0 aliphatic heterocycles. The molecule has 2 heterocycles. The highest BCUT2D eigenvalue weighted by Crippen LogP contribution is 2.20. The number of thiol groups is 1. The van der Waals surface area contributed by atoms with Gasteiger partial charge in [0.25, 0.3) is 0 Å². The molecule has 2 aromatic carbocycles. The van der Waals surface area contributed by atoms with Crippen LogP contribution in [0, 0.1) is 23.2 Å². The van der Waals surface area contributed by atoms with E-state index in [0.717, 1.165) is 53.4 Å². The number of aliphatic hydroxyl groups is 1. The molecular formula is C82H152N20O34S. The van der Waals surface area contributed by atoms with Crippen LogP contribution in [0.1, 0.15) is 177 Å². The first-order valence-electron chi connectivity index (χ1n) is 41.6. The molecule has 0 aliphatic carbocycles. The number of aliphatic imine (C=N–C) groups is 1. The van der Waals surface area contributed by atoms with Gasteiger partial charge in [0, 0.05) is 60.6 Å². The number of hydrogen-bond acceptors (Lipinski definition) is 35. The molecule has 55 heteroatoms. The summed E-state index contributed by atoms with van der Waals surface area (Å²) in [7, 11) is 0. The number of aromatic hydroxyl groups is 1. The van der Waals surface area contributed by atoms with E-state index in [9.17, 15) is 76.7 Å². The molecule has 0 fully saturated rings. The molecule has 4 aromatic rings. The third-order valence-electron chi connectivity index (χ3n) is 16.6. The first kappa shape index (κ1) is 145. The third kappa shape index (κ3) is 91.1. The summed E-state index contributed by atoms with van der Waals surface area (Å²) in [6, 6.07) is 2.15. The summed E-state index contributed by atoms with van der Waals surface area (Å²) < 4.78 is 0. The Morgan fingerprint density at radius 3 is 1.09 bits per heavy atom. The fourth-order valence-corrected chi connectivity index (χ4v) is 7.82. The maximum absolute atomic E-state index is 10.6. The van der Waals surface area contributed by atoms with Gasteiger partial charge in [-0.3, -0.25) is 81.7 Å². The van der Waals surface area contributed by atoms with Gasteiger partial charge in [-0.1, -0.05) is 132 Å². The Balaban J connectivity index is -0.000000159. The van der Waals surface area contributed by atoms with Crippen LogP contribution in [-0.4, -0.2) is 311 Å². The number of aliphatic hydroxyl groups excluding tert-OH is 1. The Labute approximate surface area is 797 Å². The predicted molar refractivity (Wildman–Crippen MR) is 507 cm³/mol. The average Bonchev–Trinajstić information content (AvgIpc) is 1.69. The summed E-state index contributed by atoms with van der Waals surface area (Å²) in [4.78, 5) is 174. The molecule has 54 nitrogen and oxygen atoms in total. The molecule has 0 amide bonds. The van der Waals surface area contributed by atoms with E-state index in [1.165, 1.54) is 25.4 Å². The number of aromatic amines is 2. The van der Waals surface area contributed by atoms with Crippen molar-refractivity contribution in [3.05, 3.63) is 84.1 Å². The molecule has 52 N–H and O–H groups in total. The van der Waals surface area contributed by atoms with Gasteiger partial charge < -0.3 is 194 Å². The van der Waals surface area contributed by atoms with Crippen molar-refractivity contribution < 1.29 is 169 Å². The topological polar surface area (TPSA) is 1110 Å². The van der Waals surface area contributed by atoms with E-state index < -0.39 is 193 Å². The quantitative estimate of drug-likeness (QED) is 0.00962. The number of rotatable bonds is 41. The summed E-state index contributed by atoms with van der Waals surface area (Å²) in [5.74, 6) is -15.6. The van der Waals surface area contributed by atoms with Gasteiger partial charge in [-0.15, -0.1) is 0 Å². The molecule has 0 aliphatic rings. The number of benzene rings is 2. The molecule has 16 unspecified atom stereocenters. The minimum atomic E-state index is -1.29. The highest BCUT2D eigenvalue weighted by atomic mass is 32.1. The van der Waals surface area contributed by atoms with Crippen molar-refractivity contribution in [1.29, 1.82) is 0 Å². The van der Waals surface area contributed by atoms with Gasteiger partial charge in [-0.2, -0.15) is 12.6 Å². The van der Waals surface area contributed by atoms with Crippen LogP contribution >= 0.6 is 12.6 Å². The lowest BCUT2D eigenvalue weighted by atomic mass is 9.88. The highest BCUT2D eigenvalue weighted by molar-refractivity contribution is 7.80. The first-order chi connectivity index (χ1) is 62.7. The van der Waals surface area contributed by atoms with Crippen molar-refractivity contribution in [3.8, 4) is 5.75 Å². The van der Waals surface area contributed by atoms with E-state index >= 15 is 0 Å². The number of nitrogens with one attached hydrogen (secondary N) is 2. The van der Waals surface area contributed by atoms with Gasteiger partial charge in [-0.05, 0) is 104 Å². The van der Waals surface area contributed by atoms with Crippen molar-refractivity contribution in [3.63, 3.8) is 0 Å². The number of fused-ring (bicyclic) bond motifs is 1. The first-order valence-corrected chi connectivity index (χ1v) is 42.2. The molecule has 0 spiro atoms. The monoisotopic (exact) mass is 1990 g/mol. The number of carboxylic acids is 16. The summed E-state index contributed by atoms with van der Waals surface area (Å²) >= 11 is 3.65. The summed E-state index contributed by atoms with van der Waals surface area (Å²) in [5.41, 5.74) is 85.5. The van der Waals surface area contributed by atoms with Gasteiger partial charge >= 0.3 is 95.5 Å². The molecule has 0 saturated heterocycles. The largest absolute Gasteiger partial charge is 0.508 e. The van der Waals surface area contributed by atoms with Gasteiger partial charge in [0.1, 0.15) is 90.3 Å². The van der Waals surface area contributed by atoms with Gasteiger partial charge in [-0.25, -0.2) is 4.98 Å². The zero-order chi connectivity index (χ0) is 110. The van der Waals surface area contributed by atoms with Crippen LogP contribution in [0.4, 0.5) is 0 Å². The van der Waals surface area contributed by atoms with Crippen LogP contribution in [-0.2, 0) is 96.0 Å². The van der Waals surface area contributed by atoms with E-state index in [4.69, 9.17) is 184 Å². The smallest absolute Gasteiger partial charge is 0.323 e. The van der Waals surface area contributed by atoms with Crippen LogP contribution in [0.15, 0.2) is 72.2 Å². The summed E-state index contributed by atoms with van der Waals surface area (Å²) in [6.07, 6.45) is 10.2. The number of unbranched alkanes of at least 4 members (excludes halogenated alkanes) is 1. The molecule has 16 atom stereocenters. The SMILES string of the molecule is CC(C)(C)C(N)C(=O)O.CC(C)C(N)C(=O)O.CC(C)CC(N)C(=O)O.CC(O)C(N)C(=O)O.CCC(C)C(N)C(=O)O.CCCC(N)C(=O)O.CCCCC(N)C(=O)O.NC(CC(=O)O)C(=O)O.NC(CCC(=O)O)C(=O)O.NC(CS)C(=O)O.NC(Cc1c[nH]c2ccccc12)C(=O)O.NC(Cc1ccc(O)cc1)C(=O)O.NC(Cc1cnc[nH]1)C(=O)O.NC(N)=NCCCC(N)C(=O)O. The second kappa shape index (κ2) is 84.1. The lowest BCUT2D eigenvalue weighted by Crippen LogP contribution is -2.41.